The van der Waals surface area contributed by atoms with Gasteiger partial charge in [0.1, 0.15) is 0 Å². The second kappa shape index (κ2) is 4.07. The van der Waals surface area contributed by atoms with Gasteiger partial charge in [-0.25, -0.2) is 0 Å². The van der Waals surface area contributed by atoms with Crippen molar-refractivity contribution in [1.82, 2.24) is 0 Å². The maximum Gasteiger partial charge on any atom is -0.00378 e. The van der Waals surface area contributed by atoms with E-state index in [1.165, 1.54) is 37.0 Å². The van der Waals surface area contributed by atoms with E-state index in [9.17, 15) is 0 Å². The summed E-state index contributed by atoms with van der Waals surface area (Å²) in [5.74, 6) is 0.650. The summed E-state index contributed by atoms with van der Waals surface area (Å²) in [6.07, 6.45) is 8.82. The molecule has 1 saturated carbocycles. The summed E-state index contributed by atoms with van der Waals surface area (Å²) >= 11 is 5.28. The van der Waals surface area contributed by atoms with Crippen molar-refractivity contribution >= 4 is 17.1 Å². The third-order valence-corrected chi connectivity index (χ3v) is 2.76. The maximum absolute atomic E-state index is 5.28. The molecular weight excluding hydrogens is 140 g/mol. The lowest BCUT2D eigenvalue weighted by atomic mass is 9.98. The Bertz CT molecular complexity index is 118. The van der Waals surface area contributed by atoms with Crippen LogP contribution in [-0.2, 0) is 0 Å². The van der Waals surface area contributed by atoms with Crippen LogP contribution in [0.1, 0.15) is 39.0 Å². The molecule has 1 aliphatic carbocycles. The predicted molar refractivity (Wildman–Crippen MR) is 49.1 cm³/mol. The molecule has 1 aliphatic rings. The summed E-state index contributed by atoms with van der Waals surface area (Å²) in [7, 11) is 0. The molecule has 0 spiro atoms. The molecule has 57 valence electrons. The molecule has 0 amide bonds. The van der Waals surface area contributed by atoms with E-state index in [2.05, 4.69) is 13.3 Å². The van der Waals surface area contributed by atoms with Gasteiger partial charge in [0.2, 0.25) is 0 Å². The molecule has 0 bridgehead atoms. The Balaban J connectivity index is 2.43. The molecule has 10 heavy (non-hydrogen) atoms. The van der Waals surface area contributed by atoms with Crippen LogP contribution in [0.25, 0.3) is 0 Å². The van der Waals surface area contributed by atoms with Gasteiger partial charge in [-0.2, -0.15) is 0 Å². The zero-order valence-electron chi connectivity index (χ0n) is 6.60. The Morgan fingerprint density at radius 2 is 2.20 bits per heavy atom. The Labute approximate surface area is 69.0 Å². The van der Waals surface area contributed by atoms with Crippen LogP contribution in [0.3, 0.4) is 0 Å². The smallest absolute Gasteiger partial charge is 0.00378 e. The van der Waals surface area contributed by atoms with Crippen molar-refractivity contribution in [2.24, 2.45) is 5.92 Å². The van der Waals surface area contributed by atoms with Gasteiger partial charge >= 0.3 is 0 Å². The number of thiocarbonyl (C=S) groups is 1. The third kappa shape index (κ3) is 2.05. The normalized spacial score (nSPS) is 28.1. The monoisotopic (exact) mass is 155 g/mol. The molecule has 0 aromatic carbocycles. The average molecular weight is 155 g/mol. The molecule has 1 atom stereocenters. The summed E-state index contributed by atoms with van der Waals surface area (Å²) in [6, 6.07) is 0. The first-order valence-corrected chi connectivity index (χ1v) is 4.57. The lowest BCUT2D eigenvalue weighted by Crippen LogP contribution is -2.08. The van der Waals surface area contributed by atoms with Gasteiger partial charge < -0.3 is 0 Å². The highest BCUT2D eigenvalue weighted by atomic mass is 32.1. The summed E-state index contributed by atoms with van der Waals surface area (Å²) in [5, 5.41) is 0. The Morgan fingerprint density at radius 3 is 2.90 bits per heavy atom. The minimum absolute atomic E-state index is 0.650. The van der Waals surface area contributed by atoms with Crippen LogP contribution in [0.4, 0.5) is 0 Å². The van der Waals surface area contributed by atoms with E-state index in [1.807, 2.05) is 0 Å². The first kappa shape index (κ1) is 8.19. The highest BCUT2D eigenvalue weighted by molar-refractivity contribution is 7.80. The Hall–Kier alpha value is 0.0900. The summed E-state index contributed by atoms with van der Waals surface area (Å²) in [6.45, 7) is 2.13. The zero-order chi connectivity index (χ0) is 7.40. The van der Waals surface area contributed by atoms with Crippen molar-refractivity contribution in [3.05, 3.63) is 6.42 Å². The van der Waals surface area contributed by atoms with Crippen molar-refractivity contribution in [2.45, 2.75) is 39.0 Å². The SMILES string of the molecule is C[CH]C1CCCCCC1=S. The van der Waals surface area contributed by atoms with Crippen LogP contribution < -0.4 is 0 Å². The fourth-order valence-electron chi connectivity index (χ4n) is 1.54. The molecule has 0 N–H and O–H groups in total. The van der Waals surface area contributed by atoms with E-state index in [4.69, 9.17) is 12.2 Å². The molecule has 0 aliphatic heterocycles. The second-order valence-electron chi connectivity index (χ2n) is 3.01. The van der Waals surface area contributed by atoms with Crippen LogP contribution in [0.15, 0.2) is 0 Å². The quantitative estimate of drug-likeness (QED) is 0.414. The number of hydrogen-bond acceptors (Lipinski definition) is 1. The first-order valence-electron chi connectivity index (χ1n) is 4.17. The molecular formula is C9H15S. The first-order chi connectivity index (χ1) is 4.84. The van der Waals surface area contributed by atoms with E-state index >= 15 is 0 Å². The molecule has 0 saturated heterocycles. The molecule has 1 fully saturated rings. The van der Waals surface area contributed by atoms with Gasteiger partial charge in [0.15, 0.2) is 0 Å². The van der Waals surface area contributed by atoms with Crippen molar-refractivity contribution in [1.29, 1.82) is 0 Å². The molecule has 0 aromatic heterocycles. The lowest BCUT2D eigenvalue weighted by molar-refractivity contribution is 0.641. The van der Waals surface area contributed by atoms with E-state index in [0.717, 1.165) is 0 Å². The van der Waals surface area contributed by atoms with Gasteiger partial charge in [-0.15, -0.1) is 0 Å². The van der Waals surface area contributed by atoms with E-state index in [0.29, 0.717) is 5.92 Å². The summed E-state index contributed by atoms with van der Waals surface area (Å²) in [4.78, 5) is 1.29. The van der Waals surface area contributed by atoms with Crippen molar-refractivity contribution in [3.8, 4) is 0 Å². The van der Waals surface area contributed by atoms with Crippen LogP contribution >= 0.6 is 12.2 Å². The molecule has 1 rings (SSSR count). The summed E-state index contributed by atoms with van der Waals surface area (Å²) < 4.78 is 0. The second-order valence-corrected chi connectivity index (χ2v) is 3.53. The minimum Gasteiger partial charge on any atom is -0.0894 e. The lowest BCUT2D eigenvalue weighted by Gasteiger charge is -2.10. The highest BCUT2D eigenvalue weighted by Crippen LogP contribution is 2.22. The van der Waals surface area contributed by atoms with E-state index < -0.39 is 0 Å². The molecule has 0 nitrogen and oxygen atoms in total. The molecule has 0 aromatic rings. The Kier molecular flexibility index (Phi) is 3.33. The van der Waals surface area contributed by atoms with Crippen LogP contribution in [0.5, 0.6) is 0 Å². The van der Waals surface area contributed by atoms with Gasteiger partial charge in [0.05, 0.1) is 0 Å². The van der Waals surface area contributed by atoms with E-state index in [1.54, 1.807) is 0 Å². The third-order valence-electron chi connectivity index (χ3n) is 2.25. The largest absolute Gasteiger partial charge is 0.0894 e. The number of rotatable bonds is 1. The van der Waals surface area contributed by atoms with E-state index in [-0.39, 0.29) is 0 Å². The maximum atomic E-state index is 5.28. The van der Waals surface area contributed by atoms with Crippen molar-refractivity contribution < 1.29 is 0 Å². The van der Waals surface area contributed by atoms with Crippen LogP contribution in [0.2, 0.25) is 0 Å². The standard InChI is InChI=1S/C9H15S/c1-2-8-6-4-3-5-7-9(8)10/h2,8H,3-7H2,1H3. The highest BCUT2D eigenvalue weighted by Gasteiger charge is 2.14. The van der Waals surface area contributed by atoms with Gasteiger partial charge in [-0.05, 0) is 36.5 Å². The molecule has 1 heteroatoms. The van der Waals surface area contributed by atoms with Gasteiger partial charge in [0, 0.05) is 0 Å². The van der Waals surface area contributed by atoms with Gasteiger partial charge in [0.25, 0.3) is 0 Å². The number of hydrogen-bond donors (Lipinski definition) is 0. The average Bonchev–Trinajstić information content (AvgIpc) is 2.13. The predicted octanol–water partition coefficient (Wildman–Crippen LogP) is 3.16. The van der Waals surface area contributed by atoms with Crippen LogP contribution in [-0.4, -0.2) is 4.86 Å². The zero-order valence-corrected chi connectivity index (χ0v) is 7.41. The molecule has 1 radical (unpaired) electrons. The topological polar surface area (TPSA) is 0 Å². The van der Waals surface area contributed by atoms with Crippen molar-refractivity contribution in [3.63, 3.8) is 0 Å². The van der Waals surface area contributed by atoms with Crippen molar-refractivity contribution in [2.75, 3.05) is 0 Å². The fraction of sp³-hybridized carbons (Fsp3) is 0.778. The fourth-order valence-corrected chi connectivity index (χ4v) is 1.94. The van der Waals surface area contributed by atoms with Gasteiger partial charge in [-0.1, -0.05) is 32.0 Å². The van der Waals surface area contributed by atoms with Crippen LogP contribution in [0, 0.1) is 12.3 Å². The Morgan fingerprint density at radius 1 is 1.40 bits per heavy atom. The van der Waals surface area contributed by atoms with Gasteiger partial charge in [-0.3, -0.25) is 0 Å². The molecule has 0 heterocycles. The minimum atomic E-state index is 0.650. The summed E-state index contributed by atoms with van der Waals surface area (Å²) in [5.41, 5.74) is 0. The molecule has 1 unspecified atom stereocenters.